The number of aryl methyl sites for hydroxylation is 1. The minimum Gasteiger partial charge on any atom is -0.455 e. The third-order valence-electron chi connectivity index (χ3n) is 14.2. The van der Waals surface area contributed by atoms with Crippen molar-refractivity contribution >= 4 is 38.0 Å². The minimum absolute atomic E-state index is 0.0661. The van der Waals surface area contributed by atoms with Crippen LogP contribution < -0.4 is 9.64 Å². The molecule has 6 aliphatic rings. The summed E-state index contributed by atoms with van der Waals surface area (Å²) >= 11 is 0. The highest BCUT2D eigenvalue weighted by Crippen LogP contribution is 2.77. The lowest BCUT2D eigenvalue weighted by molar-refractivity contribution is -0.385. The zero-order valence-electron chi connectivity index (χ0n) is 35.9. The van der Waals surface area contributed by atoms with E-state index in [4.69, 9.17) is 9.47 Å². The number of nitrogens with zero attached hydrogens (tertiary/aromatic N) is 5. The van der Waals surface area contributed by atoms with Crippen molar-refractivity contribution in [2.45, 2.75) is 83.1 Å². The van der Waals surface area contributed by atoms with E-state index in [2.05, 4.69) is 45.4 Å². The highest BCUT2D eigenvalue weighted by Gasteiger charge is 2.66. The SMILES string of the molecule is CN1CCO[C@@H](CCc2ccc(S(=O)(=O)CC(=O)c3ccc(N4CCN(CC5=C(C67CC(C)(C6)C7)CC(C)(C)CC5)CC4)cc3Oc3cnc4[nH]ccc4c3)cc2[N+](=O)[O-])C1. The molecule has 0 radical (unpaired) electrons. The molecule has 3 saturated carbocycles. The molecule has 2 aliphatic heterocycles. The number of carbonyl (C=O) groups is 1. The number of Topliss-reactive ketones (excluding diaryl/α,β-unsaturated/α-hetero) is 1. The van der Waals surface area contributed by atoms with Crippen molar-refractivity contribution in [3.8, 4) is 11.5 Å². The maximum absolute atomic E-state index is 14.1. The van der Waals surface area contributed by atoms with Gasteiger partial charge in [-0.05, 0) is 105 Å². The number of rotatable bonds is 14. The number of nitro groups is 1. The van der Waals surface area contributed by atoms with Crippen LogP contribution in [0.25, 0.3) is 11.0 Å². The van der Waals surface area contributed by atoms with Crippen molar-refractivity contribution in [1.29, 1.82) is 0 Å². The van der Waals surface area contributed by atoms with E-state index in [9.17, 15) is 23.3 Å². The first-order valence-electron chi connectivity index (χ1n) is 21.8. The molecule has 5 fully saturated rings. The monoisotopic (exact) mass is 850 g/mol. The lowest BCUT2D eigenvalue weighted by Crippen LogP contribution is -2.61. The van der Waals surface area contributed by atoms with Crippen LogP contribution in [0.2, 0.25) is 0 Å². The summed E-state index contributed by atoms with van der Waals surface area (Å²) in [6.45, 7) is 13.9. The first kappa shape index (κ1) is 41.7. The first-order chi connectivity index (χ1) is 29.1. The first-order valence-corrected chi connectivity index (χ1v) is 23.5. The molecule has 2 aromatic carbocycles. The van der Waals surface area contributed by atoms with Crippen LogP contribution in [0.4, 0.5) is 11.4 Å². The summed E-state index contributed by atoms with van der Waals surface area (Å²) in [6.07, 6.45) is 11.9. The van der Waals surface area contributed by atoms with Crippen molar-refractivity contribution in [2.24, 2.45) is 16.2 Å². The number of aromatic amines is 1. The minimum atomic E-state index is -4.28. The number of allylic oxidation sites excluding steroid dienone is 1. The fourth-order valence-corrected chi connectivity index (χ4v) is 12.3. The van der Waals surface area contributed by atoms with E-state index in [1.54, 1.807) is 29.6 Å². The van der Waals surface area contributed by atoms with Gasteiger partial charge in [0.2, 0.25) is 0 Å². The molecule has 1 atom stereocenters. The molecule has 2 saturated heterocycles. The number of pyridine rings is 1. The van der Waals surface area contributed by atoms with Crippen LogP contribution in [0.3, 0.4) is 0 Å². The van der Waals surface area contributed by atoms with E-state index in [0.717, 1.165) is 63.0 Å². The van der Waals surface area contributed by atoms with Crippen LogP contribution >= 0.6 is 0 Å². The van der Waals surface area contributed by atoms with Gasteiger partial charge in [0.25, 0.3) is 5.69 Å². The number of H-pyrrole nitrogens is 1. The molecule has 0 unspecified atom stereocenters. The van der Waals surface area contributed by atoms with Crippen molar-refractivity contribution in [3.63, 3.8) is 0 Å². The molecule has 14 heteroatoms. The lowest BCUT2D eigenvalue weighted by Gasteiger charge is -2.72. The second kappa shape index (κ2) is 15.9. The third-order valence-corrected chi connectivity index (χ3v) is 15.8. The fraction of sp³-hybridized carbons (Fsp3) is 0.532. The van der Waals surface area contributed by atoms with Gasteiger partial charge in [-0.25, -0.2) is 13.4 Å². The number of piperazine rings is 1. The third kappa shape index (κ3) is 8.61. The van der Waals surface area contributed by atoms with Gasteiger partial charge in [0.15, 0.2) is 15.6 Å². The smallest absolute Gasteiger partial charge is 0.273 e. The van der Waals surface area contributed by atoms with E-state index in [1.807, 2.05) is 31.3 Å². The quantitative estimate of drug-likeness (QED) is 0.0569. The van der Waals surface area contributed by atoms with Gasteiger partial charge in [-0.15, -0.1) is 0 Å². The summed E-state index contributed by atoms with van der Waals surface area (Å²) in [5, 5.41) is 13.0. The molecule has 2 bridgehead atoms. The number of nitro benzene ring substituents is 1. The van der Waals surface area contributed by atoms with Crippen LogP contribution in [0.15, 0.2) is 77.0 Å². The van der Waals surface area contributed by atoms with Crippen LogP contribution in [0.5, 0.6) is 11.5 Å². The highest BCUT2D eigenvalue weighted by atomic mass is 32.2. The van der Waals surface area contributed by atoms with Gasteiger partial charge in [-0.1, -0.05) is 38.0 Å². The second-order valence-corrected chi connectivity index (χ2v) is 21.7. The molecule has 4 aliphatic carbocycles. The number of hydrogen-bond donors (Lipinski definition) is 1. The number of nitrogens with one attached hydrogen (secondary N) is 1. The number of aromatic nitrogens is 2. The van der Waals surface area contributed by atoms with Crippen molar-refractivity contribution < 1.29 is 27.6 Å². The summed E-state index contributed by atoms with van der Waals surface area (Å²) in [5.41, 5.74) is 6.66. The Morgan fingerprint density at radius 3 is 2.56 bits per heavy atom. The lowest BCUT2D eigenvalue weighted by atomic mass is 9.33. The predicted molar refractivity (Wildman–Crippen MR) is 235 cm³/mol. The van der Waals surface area contributed by atoms with Gasteiger partial charge < -0.3 is 24.3 Å². The summed E-state index contributed by atoms with van der Waals surface area (Å²) in [7, 11) is -2.27. The van der Waals surface area contributed by atoms with Crippen molar-refractivity contribution in [1.82, 2.24) is 19.8 Å². The number of likely N-dealkylation sites (N-methyl/N-ethyl adjacent to an activating group) is 1. The number of anilines is 1. The van der Waals surface area contributed by atoms with Crippen LogP contribution in [0.1, 0.15) is 81.6 Å². The number of carbonyl (C=O) groups excluding carboxylic acids is 1. The molecule has 0 amide bonds. The van der Waals surface area contributed by atoms with Gasteiger partial charge in [0.1, 0.15) is 22.9 Å². The Labute approximate surface area is 358 Å². The molecule has 10 rings (SSSR count). The molecule has 61 heavy (non-hydrogen) atoms. The van der Waals surface area contributed by atoms with Crippen molar-refractivity contribution in [3.05, 3.63) is 93.3 Å². The van der Waals surface area contributed by atoms with E-state index in [0.29, 0.717) is 52.7 Å². The van der Waals surface area contributed by atoms with Gasteiger partial charge >= 0.3 is 0 Å². The molecular weight excluding hydrogens is 793 g/mol. The van der Waals surface area contributed by atoms with Gasteiger partial charge in [0, 0.05) is 80.8 Å². The number of ketones is 1. The Morgan fingerprint density at radius 2 is 1.82 bits per heavy atom. The number of ether oxygens (including phenoxy) is 2. The topological polar surface area (TPSA) is 151 Å². The largest absolute Gasteiger partial charge is 0.455 e. The van der Waals surface area contributed by atoms with Crippen LogP contribution in [-0.4, -0.2) is 110 Å². The number of benzene rings is 2. The van der Waals surface area contributed by atoms with E-state index < -0.39 is 26.3 Å². The molecule has 0 spiro atoms. The van der Waals surface area contributed by atoms with Crippen LogP contribution in [-0.2, 0) is 21.0 Å². The van der Waals surface area contributed by atoms with Gasteiger partial charge in [-0.3, -0.25) is 19.8 Å². The number of morpholine rings is 1. The average molecular weight is 851 g/mol. The molecule has 1 N–H and O–H groups in total. The Balaban J connectivity index is 0.919. The van der Waals surface area contributed by atoms with Gasteiger partial charge in [0.05, 0.1) is 34.3 Å². The Kier molecular flexibility index (Phi) is 10.9. The predicted octanol–water partition coefficient (Wildman–Crippen LogP) is 8.00. The Bertz CT molecular complexity index is 2480. The Hall–Kier alpha value is -4.63. The summed E-state index contributed by atoms with van der Waals surface area (Å²) in [4.78, 5) is 39.9. The number of sulfone groups is 1. The van der Waals surface area contributed by atoms with Crippen LogP contribution in [0, 0.1) is 26.4 Å². The zero-order valence-corrected chi connectivity index (χ0v) is 36.7. The molecule has 4 aromatic rings. The number of hydrogen-bond acceptors (Lipinski definition) is 11. The molecule has 13 nitrogen and oxygen atoms in total. The standard InChI is InChI=1S/C47H58N6O7S/c1-45(2)13-11-34(40(24-45)47-29-46(3,30-47)31-47)26-51-15-17-52(18-16-51)35-7-10-39(43(22-35)60-37-21-33-12-14-48-44(33)49-25-37)42(54)28-61(57,58)38-9-6-32(41(23-38)53(55)56)5-8-36-27-50(4)19-20-59-36/h6-7,9-10,12,14,21-23,25,36H,5,8,11,13,15-20,24,26-31H2,1-4H3,(H,48,49)/t36-,46?,47?/m0/s1. The van der Waals surface area contributed by atoms with Gasteiger partial charge in [-0.2, -0.15) is 0 Å². The average Bonchev–Trinajstić information content (AvgIpc) is 3.67. The maximum Gasteiger partial charge on any atom is 0.273 e. The zero-order chi connectivity index (χ0) is 42.7. The fourth-order valence-electron chi connectivity index (χ4n) is 11.1. The Morgan fingerprint density at radius 1 is 1.03 bits per heavy atom. The normalized spacial score (nSPS) is 25.6. The molecule has 2 aromatic heterocycles. The summed E-state index contributed by atoms with van der Waals surface area (Å²) in [6, 6.07) is 12.9. The summed E-state index contributed by atoms with van der Waals surface area (Å²) in [5.74, 6) is -0.935. The van der Waals surface area contributed by atoms with E-state index in [-0.39, 0.29) is 28.0 Å². The van der Waals surface area contributed by atoms with Crippen molar-refractivity contribution in [2.75, 3.05) is 70.1 Å². The molecular formula is C47H58N6O7S. The summed E-state index contributed by atoms with van der Waals surface area (Å²) < 4.78 is 39.9. The van der Waals surface area contributed by atoms with E-state index in [1.165, 1.54) is 50.7 Å². The molecule has 324 valence electrons. The highest BCUT2D eigenvalue weighted by molar-refractivity contribution is 7.92. The second-order valence-electron chi connectivity index (χ2n) is 19.7. The van der Waals surface area contributed by atoms with E-state index >= 15 is 0 Å². The maximum atomic E-state index is 14.1. The molecule has 4 heterocycles. The number of fused-ring (bicyclic) bond motifs is 1.